The molecule has 172 valence electrons. The average molecular weight is 447 g/mol. The number of hydrogen-bond donors (Lipinski definition) is 1. The summed E-state index contributed by atoms with van der Waals surface area (Å²) in [4.78, 5) is 18.7. The van der Waals surface area contributed by atoms with Crippen LogP contribution in [0.4, 0.5) is 0 Å². The fourth-order valence-corrected chi connectivity index (χ4v) is 4.35. The van der Waals surface area contributed by atoms with Gasteiger partial charge in [-0.2, -0.15) is 0 Å². The molecule has 3 aromatic rings. The monoisotopic (exact) mass is 446 g/mol. The van der Waals surface area contributed by atoms with Crippen LogP contribution in [0.2, 0.25) is 0 Å². The smallest absolute Gasteiger partial charge is 0.320 e. The van der Waals surface area contributed by atoms with Crippen molar-refractivity contribution in [1.29, 1.82) is 0 Å². The molecule has 0 bridgehead atoms. The summed E-state index contributed by atoms with van der Waals surface area (Å²) in [5, 5.41) is 9.82. The van der Waals surface area contributed by atoms with Crippen molar-refractivity contribution in [3.8, 4) is 11.5 Å². The highest BCUT2D eigenvalue weighted by atomic mass is 16.5. The normalized spacial score (nSPS) is 17.0. The number of carboxylic acid groups (broad SMARTS) is 1. The van der Waals surface area contributed by atoms with E-state index in [2.05, 4.69) is 4.98 Å². The van der Waals surface area contributed by atoms with Crippen molar-refractivity contribution in [3.63, 3.8) is 0 Å². The minimum Gasteiger partial charge on any atom is -0.490 e. The van der Waals surface area contributed by atoms with Gasteiger partial charge in [-0.1, -0.05) is 42.5 Å². The molecule has 1 aromatic heterocycles. The van der Waals surface area contributed by atoms with Crippen LogP contribution in [-0.4, -0.2) is 40.2 Å². The van der Waals surface area contributed by atoms with E-state index in [1.165, 1.54) is 0 Å². The van der Waals surface area contributed by atoms with Crippen molar-refractivity contribution < 1.29 is 19.4 Å². The maximum Gasteiger partial charge on any atom is 0.320 e. The van der Waals surface area contributed by atoms with E-state index in [1.54, 1.807) is 0 Å². The summed E-state index contributed by atoms with van der Waals surface area (Å²) < 4.78 is 12.0. The van der Waals surface area contributed by atoms with E-state index in [-0.39, 0.29) is 6.04 Å². The molecule has 6 heteroatoms. The van der Waals surface area contributed by atoms with Crippen LogP contribution in [-0.2, 0) is 11.4 Å². The Morgan fingerprint density at radius 2 is 1.94 bits per heavy atom. The summed E-state index contributed by atoms with van der Waals surface area (Å²) in [5.74, 6) is 0.517. The number of rotatable bonds is 9. The summed E-state index contributed by atoms with van der Waals surface area (Å²) in [7, 11) is 0. The van der Waals surface area contributed by atoms with Crippen molar-refractivity contribution in [2.45, 2.75) is 45.4 Å². The molecule has 1 N–H and O–H groups in total. The van der Waals surface area contributed by atoms with Crippen LogP contribution in [0.1, 0.15) is 48.2 Å². The number of ether oxygens (including phenoxy) is 2. The van der Waals surface area contributed by atoms with E-state index in [9.17, 15) is 9.90 Å². The second-order valence-corrected chi connectivity index (χ2v) is 8.31. The maximum absolute atomic E-state index is 12.0. The molecular formula is C27H30N2O4. The lowest BCUT2D eigenvalue weighted by Crippen LogP contribution is -2.39. The molecule has 2 atom stereocenters. The van der Waals surface area contributed by atoms with Crippen molar-refractivity contribution in [2.24, 2.45) is 0 Å². The molecule has 4 rings (SSSR count). The Labute approximate surface area is 194 Å². The first-order chi connectivity index (χ1) is 16.1. The number of likely N-dealkylation sites (tertiary alicyclic amines) is 1. The quantitative estimate of drug-likeness (QED) is 0.498. The van der Waals surface area contributed by atoms with Crippen LogP contribution < -0.4 is 9.47 Å². The van der Waals surface area contributed by atoms with Crippen molar-refractivity contribution in [3.05, 3.63) is 89.2 Å². The summed E-state index contributed by atoms with van der Waals surface area (Å²) in [5.41, 5.74) is 3.91. The molecule has 2 aromatic carbocycles. The van der Waals surface area contributed by atoms with Gasteiger partial charge < -0.3 is 14.6 Å². The molecule has 0 amide bonds. The lowest BCUT2D eigenvalue weighted by Gasteiger charge is -2.31. The summed E-state index contributed by atoms with van der Waals surface area (Å²) in [6.07, 6.45) is 3.30. The number of aromatic nitrogens is 1. The third kappa shape index (κ3) is 5.34. The van der Waals surface area contributed by atoms with E-state index in [4.69, 9.17) is 9.47 Å². The van der Waals surface area contributed by atoms with Crippen LogP contribution in [0.5, 0.6) is 11.5 Å². The minimum absolute atomic E-state index is 0.281. The second-order valence-electron chi connectivity index (χ2n) is 8.31. The topological polar surface area (TPSA) is 71.9 Å². The van der Waals surface area contributed by atoms with Crippen LogP contribution in [0.25, 0.3) is 0 Å². The molecular weight excluding hydrogens is 416 g/mol. The van der Waals surface area contributed by atoms with E-state index < -0.39 is 12.0 Å². The van der Waals surface area contributed by atoms with Gasteiger partial charge in [0, 0.05) is 12.7 Å². The van der Waals surface area contributed by atoms with Gasteiger partial charge in [0.1, 0.15) is 12.6 Å². The Balaban J connectivity index is 1.69. The van der Waals surface area contributed by atoms with E-state index in [0.29, 0.717) is 37.7 Å². The lowest BCUT2D eigenvalue weighted by molar-refractivity contribution is -0.142. The average Bonchev–Trinajstić information content (AvgIpc) is 3.31. The summed E-state index contributed by atoms with van der Waals surface area (Å²) in [6.45, 7) is 5.57. The van der Waals surface area contributed by atoms with Crippen LogP contribution in [0, 0.1) is 6.92 Å². The summed E-state index contributed by atoms with van der Waals surface area (Å²) >= 11 is 0. The molecule has 0 aliphatic carbocycles. The number of aliphatic carboxylic acids is 1. The number of aryl methyl sites for hydroxylation is 1. The number of benzene rings is 2. The molecule has 2 unspecified atom stereocenters. The molecule has 0 spiro atoms. The Morgan fingerprint density at radius 1 is 1.12 bits per heavy atom. The zero-order valence-electron chi connectivity index (χ0n) is 19.1. The second kappa shape index (κ2) is 10.5. The van der Waals surface area contributed by atoms with E-state index in [0.717, 1.165) is 28.8 Å². The molecule has 0 radical (unpaired) electrons. The predicted molar refractivity (Wildman–Crippen MR) is 127 cm³/mol. The van der Waals surface area contributed by atoms with Gasteiger partial charge in [-0.25, -0.2) is 0 Å². The molecule has 6 nitrogen and oxygen atoms in total. The first-order valence-corrected chi connectivity index (χ1v) is 11.4. The van der Waals surface area contributed by atoms with E-state index in [1.807, 2.05) is 85.6 Å². The molecule has 1 aliphatic rings. The zero-order valence-corrected chi connectivity index (χ0v) is 19.1. The third-order valence-corrected chi connectivity index (χ3v) is 5.95. The fourth-order valence-electron chi connectivity index (χ4n) is 4.35. The molecule has 1 aliphatic heterocycles. The standard InChI is InChI=1S/C27H30N2O4/c1-3-32-25-16-21(12-14-24(25)33-18-20-8-5-4-6-9-20)26(22-13-11-19(2)17-28-22)29-15-7-10-23(29)27(30)31/h4-6,8-9,11-14,16-17,23,26H,3,7,10,15,18H2,1-2H3,(H,30,31). The number of carbonyl (C=O) groups is 1. The van der Waals surface area contributed by atoms with Gasteiger partial charge in [0.2, 0.25) is 0 Å². The SMILES string of the molecule is CCOc1cc(C(c2ccc(C)cn2)N2CCCC2C(=O)O)ccc1OCc1ccccc1. The molecule has 33 heavy (non-hydrogen) atoms. The predicted octanol–water partition coefficient (Wildman–Crippen LogP) is 5.01. The highest BCUT2D eigenvalue weighted by molar-refractivity contribution is 5.74. The Bertz CT molecular complexity index is 1070. The van der Waals surface area contributed by atoms with Crippen molar-refractivity contribution in [1.82, 2.24) is 9.88 Å². The van der Waals surface area contributed by atoms with Gasteiger partial charge in [0.15, 0.2) is 11.5 Å². The van der Waals surface area contributed by atoms with Gasteiger partial charge in [-0.3, -0.25) is 14.7 Å². The van der Waals surface area contributed by atoms with Gasteiger partial charge in [0.05, 0.1) is 18.3 Å². The molecule has 1 fully saturated rings. The summed E-state index contributed by atoms with van der Waals surface area (Å²) in [6, 6.07) is 19.0. The van der Waals surface area contributed by atoms with Crippen LogP contribution in [0.15, 0.2) is 66.9 Å². The first-order valence-electron chi connectivity index (χ1n) is 11.4. The molecule has 2 heterocycles. The fraction of sp³-hybridized carbons (Fsp3) is 0.333. The van der Waals surface area contributed by atoms with Crippen LogP contribution >= 0.6 is 0 Å². The Kier molecular flexibility index (Phi) is 7.25. The molecule has 1 saturated heterocycles. The zero-order chi connectivity index (χ0) is 23.2. The van der Waals surface area contributed by atoms with Crippen molar-refractivity contribution in [2.75, 3.05) is 13.2 Å². The lowest BCUT2D eigenvalue weighted by atomic mass is 9.99. The van der Waals surface area contributed by atoms with Gasteiger partial charge in [0.25, 0.3) is 0 Å². The van der Waals surface area contributed by atoms with Crippen molar-refractivity contribution >= 4 is 5.97 Å². The third-order valence-electron chi connectivity index (χ3n) is 5.95. The highest BCUT2D eigenvalue weighted by Gasteiger charge is 2.37. The Morgan fingerprint density at radius 3 is 2.64 bits per heavy atom. The van der Waals surface area contributed by atoms with Gasteiger partial charge >= 0.3 is 5.97 Å². The Hall–Kier alpha value is -3.38. The number of nitrogens with zero attached hydrogens (tertiary/aromatic N) is 2. The minimum atomic E-state index is -0.794. The van der Waals surface area contributed by atoms with Gasteiger partial charge in [-0.15, -0.1) is 0 Å². The number of hydrogen-bond acceptors (Lipinski definition) is 5. The highest BCUT2D eigenvalue weighted by Crippen LogP contribution is 2.38. The maximum atomic E-state index is 12.0. The van der Waals surface area contributed by atoms with Crippen LogP contribution in [0.3, 0.4) is 0 Å². The molecule has 0 saturated carbocycles. The number of carboxylic acids is 1. The first kappa shape index (κ1) is 22.8. The largest absolute Gasteiger partial charge is 0.490 e. The van der Waals surface area contributed by atoms with Gasteiger partial charge in [-0.05, 0) is 61.6 Å². The number of pyridine rings is 1. The van der Waals surface area contributed by atoms with E-state index >= 15 is 0 Å².